The molecule has 5 heterocycles. The molecule has 2 N–H and O–H groups in total. The molecule has 1 saturated heterocycles. The molecule has 4 aromatic heterocycles. The minimum absolute atomic E-state index is 0.00116. The van der Waals surface area contributed by atoms with Crippen LogP contribution in [0, 0.1) is 24.2 Å². The van der Waals surface area contributed by atoms with E-state index in [9.17, 15) is 5.26 Å². The van der Waals surface area contributed by atoms with E-state index in [0.29, 0.717) is 12.3 Å². The Morgan fingerprint density at radius 2 is 1.89 bits per heavy atom. The smallest absolute Gasteiger partial charge is 0.141 e. The molecule has 0 spiro atoms. The van der Waals surface area contributed by atoms with E-state index in [1.807, 2.05) is 59.7 Å². The molecule has 0 aliphatic carbocycles. The molecule has 0 bridgehead atoms. The number of H-pyrrole nitrogens is 1. The van der Waals surface area contributed by atoms with Crippen molar-refractivity contribution in [2.24, 2.45) is 5.92 Å². The second-order valence-corrected chi connectivity index (χ2v) is 9.59. The number of benzene rings is 1. The van der Waals surface area contributed by atoms with Crippen LogP contribution in [0.3, 0.4) is 0 Å². The number of nitriles is 1. The molecule has 0 radical (unpaired) electrons. The van der Waals surface area contributed by atoms with Gasteiger partial charge in [-0.3, -0.25) is 4.68 Å². The monoisotopic (exact) mass is 504 g/mol. The molecule has 190 valence electrons. The zero-order valence-corrected chi connectivity index (χ0v) is 21.1. The summed E-state index contributed by atoms with van der Waals surface area (Å²) >= 11 is 0. The number of para-hydroxylation sites is 1. The Morgan fingerprint density at radius 3 is 2.71 bits per heavy atom. The van der Waals surface area contributed by atoms with E-state index in [1.165, 1.54) is 0 Å². The minimum Gasteiger partial charge on any atom is -0.356 e. The van der Waals surface area contributed by atoms with Gasteiger partial charge in [0.15, 0.2) is 0 Å². The van der Waals surface area contributed by atoms with Crippen LogP contribution in [0.1, 0.15) is 30.9 Å². The van der Waals surface area contributed by atoms with Crippen molar-refractivity contribution in [3.63, 3.8) is 0 Å². The maximum Gasteiger partial charge on any atom is 0.141 e. The van der Waals surface area contributed by atoms with E-state index in [-0.39, 0.29) is 6.04 Å². The third-order valence-electron chi connectivity index (χ3n) is 7.35. The van der Waals surface area contributed by atoms with E-state index in [0.717, 1.165) is 71.1 Å². The minimum atomic E-state index is 0.00116. The highest BCUT2D eigenvalue weighted by Crippen LogP contribution is 2.35. The maximum absolute atomic E-state index is 9.63. The highest BCUT2D eigenvalue weighted by atomic mass is 15.3. The van der Waals surface area contributed by atoms with Gasteiger partial charge in [-0.2, -0.15) is 10.4 Å². The van der Waals surface area contributed by atoms with Gasteiger partial charge in [0.1, 0.15) is 29.9 Å². The van der Waals surface area contributed by atoms with Crippen molar-refractivity contribution < 1.29 is 0 Å². The van der Waals surface area contributed by atoms with Crippen LogP contribution in [0.25, 0.3) is 22.3 Å². The van der Waals surface area contributed by atoms with E-state index in [1.54, 1.807) is 12.7 Å². The number of aromatic amines is 1. The summed E-state index contributed by atoms with van der Waals surface area (Å²) in [5.41, 5.74) is 4.59. The van der Waals surface area contributed by atoms with Gasteiger partial charge in [-0.1, -0.05) is 18.2 Å². The van der Waals surface area contributed by atoms with Crippen molar-refractivity contribution in [2.75, 3.05) is 23.3 Å². The predicted octanol–water partition coefficient (Wildman–Crippen LogP) is 5.03. The molecule has 38 heavy (non-hydrogen) atoms. The molecule has 1 fully saturated rings. The van der Waals surface area contributed by atoms with Gasteiger partial charge >= 0.3 is 0 Å². The summed E-state index contributed by atoms with van der Waals surface area (Å²) in [6.07, 6.45) is 11.2. The largest absolute Gasteiger partial charge is 0.356 e. The van der Waals surface area contributed by atoms with Crippen molar-refractivity contribution in [3.05, 3.63) is 73.2 Å². The Labute approximate surface area is 220 Å². The third-order valence-corrected chi connectivity index (χ3v) is 7.35. The Kier molecular flexibility index (Phi) is 6.40. The average molecular weight is 505 g/mol. The number of anilines is 3. The number of rotatable bonds is 7. The van der Waals surface area contributed by atoms with Crippen LogP contribution in [0.4, 0.5) is 17.3 Å². The van der Waals surface area contributed by atoms with Crippen molar-refractivity contribution >= 4 is 28.4 Å². The van der Waals surface area contributed by atoms with Crippen LogP contribution in [0.2, 0.25) is 0 Å². The molecule has 1 unspecified atom stereocenters. The highest BCUT2D eigenvalue weighted by molar-refractivity contribution is 5.90. The van der Waals surface area contributed by atoms with E-state index < -0.39 is 0 Å². The van der Waals surface area contributed by atoms with Gasteiger partial charge in [-0.05, 0) is 43.9 Å². The Balaban J connectivity index is 1.18. The molecule has 10 nitrogen and oxygen atoms in total. The molecular weight excluding hydrogens is 476 g/mol. The first-order valence-corrected chi connectivity index (χ1v) is 12.8. The molecule has 1 aliphatic heterocycles. The lowest BCUT2D eigenvalue weighted by Gasteiger charge is -2.36. The summed E-state index contributed by atoms with van der Waals surface area (Å²) in [4.78, 5) is 23.3. The van der Waals surface area contributed by atoms with Crippen LogP contribution in [0.15, 0.2) is 67.6 Å². The number of nitrogens with one attached hydrogen (secondary N) is 2. The Bertz CT molecular complexity index is 1570. The number of piperidine rings is 1. The first kappa shape index (κ1) is 23.6. The number of fused-ring (bicyclic) bond motifs is 1. The average Bonchev–Trinajstić information content (AvgIpc) is 3.64. The van der Waals surface area contributed by atoms with Crippen LogP contribution in [-0.4, -0.2) is 47.8 Å². The second kappa shape index (κ2) is 10.3. The fourth-order valence-corrected chi connectivity index (χ4v) is 5.35. The fourth-order valence-electron chi connectivity index (χ4n) is 5.35. The van der Waals surface area contributed by atoms with Crippen LogP contribution >= 0.6 is 0 Å². The summed E-state index contributed by atoms with van der Waals surface area (Å²) in [6, 6.07) is 14.4. The lowest BCUT2D eigenvalue weighted by atomic mass is 9.87. The van der Waals surface area contributed by atoms with Gasteiger partial charge in [0.05, 0.1) is 30.4 Å². The van der Waals surface area contributed by atoms with Gasteiger partial charge in [0.2, 0.25) is 0 Å². The number of aromatic nitrogens is 7. The lowest BCUT2D eigenvalue weighted by molar-refractivity contribution is 0.260. The second-order valence-electron chi connectivity index (χ2n) is 9.59. The van der Waals surface area contributed by atoms with Crippen molar-refractivity contribution in [1.29, 1.82) is 5.26 Å². The molecule has 10 heteroatoms. The zero-order valence-electron chi connectivity index (χ0n) is 21.1. The van der Waals surface area contributed by atoms with Crippen LogP contribution in [0.5, 0.6) is 0 Å². The number of hydrogen-bond acceptors (Lipinski definition) is 8. The summed E-state index contributed by atoms with van der Waals surface area (Å²) in [5, 5.41) is 18.7. The molecule has 5 aromatic rings. The number of hydrogen-bond donors (Lipinski definition) is 2. The zero-order chi connectivity index (χ0) is 25.9. The fraction of sp³-hybridized carbons (Fsp3) is 0.286. The van der Waals surface area contributed by atoms with Gasteiger partial charge in [-0.25, -0.2) is 19.9 Å². The van der Waals surface area contributed by atoms with Gasteiger partial charge in [-0.15, -0.1) is 0 Å². The Morgan fingerprint density at radius 1 is 1.08 bits per heavy atom. The molecular formula is C28H28N10. The highest BCUT2D eigenvalue weighted by Gasteiger charge is 2.30. The SMILES string of the molecule is Cc1c(Nc2ccccc2)ncnc1N1CCC(C(CC#N)n2cc(-c3ncnc4[nH]ccc34)cn2)CC1. The molecule has 1 aliphatic rings. The Hall–Kier alpha value is -4.78. The molecule has 0 amide bonds. The van der Waals surface area contributed by atoms with Crippen molar-refractivity contribution in [2.45, 2.75) is 32.2 Å². The van der Waals surface area contributed by atoms with Gasteiger partial charge in [0, 0.05) is 47.7 Å². The van der Waals surface area contributed by atoms with Gasteiger partial charge in [0.25, 0.3) is 0 Å². The summed E-state index contributed by atoms with van der Waals surface area (Å²) in [7, 11) is 0. The molecule has 6 rings (SSSR count). The van der Waals surface area contributed by atoms with Crippen molar-refractivity contribution in [1.82, 2.24) is 34.7 Å². The molecule has 0 saturated carbocycles. The van der Waals surface area contributed by atoms with Crippen LogP contribution < -0.4 is 10.2 Å². The van der Waals surface area contributed by atoms with Crippen LogP contribution in [-0.2, 0) is 0 Å². The van der Waals surface area contributed by atoms with Crippen molar-refractivity contribution in [3.8, 4) is 17.3 Å². The maximum atomic E-state index is 9.63. The van der Waals surface area contributed by atoms with E-state index in [2.05, 4.69) is 53.2 Å². The lowest BCUT2D eigenvalue weighted by Crippen LogP contribution is -2.37. The standard InChI is InChI=1S/C28H28N10/c1-19-26(36-22-5-3-2-4-6-22)32-18-34-28(19)37-13-9-20(10-14-37)24(7-11-29)38-16-21(15-35-38)25-23-8-12-30-27(23)33-17-31-25/h2-6,8,12,15-18,20,24H,7,9-10,13-14H2,1H3,(H,30,31,33)(H,32,34,36). The molecule has 1 atom stereocenters. The quantitative estimate of drug-likeness (QED) is 0.316. The van der Waals surface area contributed by atoms with Gasteiger partial charge < -0.3 is 15.2 Å². The first-order valence-electron chi connectivity index (χ1n) is 12.8. The summed E-state index contributed by atoms with van der Waals surface area (Å²) in [6.45, 7) is 3.78. The third kappa shape index (κ3) is 4.54. The topological polar surface area (TPSA) is 124 Å². The first-order chi connectivity index (χ1) is 18.7. The summed E-state index contributed by atoms with van der Waals surface area (Å²) in [5.74, 6) is 2.10. The number of nitrogens with zero attached hydrogens (tertiary/aromatic N) is 8. The predicted molar refractivity (Wildman–Crippen MR) is 146 cm³/mol. The molecule has 1 aromatic carbocycles. The van der Waals surface area contributed by atoms with E-state index >= 15 is 0 Å². The van der Waals surface area contributed by atoms with E-state index in [4.69, 9.17) is 0 Å². The summed E-state index contributed by atoms with van der Waals surface area (Å²) < 4.78 is 1.96. The normalized spacial score (nSPS) is 14.9.